The number of rotatable bonds is 6. The number of hydrogen-bond donors (Lipinski definition) is 1. The highest BCUT2D eigenvalue weighted by Crippen LogP contribution is 2.37. The summed E-state index contributed by atoms with van der Waals surface area (Å²) < 4.78 is 0. The van der Waals surface area contributed by atoms with Crippen LogP contribution in [0.15, 0.2) is 30.3 Å². The first-order chi connectivity index (χ1) is 10.1. The Bertz CT molecular complexity index is 581. The molecule has 21 heavy (non-hydrogen) atoms. The summed E-state index contributed by atoms with van der Waals surface area (Å²) in [5, 5.41) is 5.17. The lowest BCUT2D eigenvalue weighted by molar-refractivity contribution is 0.311. The van der Waals surface area contributed by atoms with E-state index in [0.29, 0.717) is 6.04 Å². The number of aromatic nitrogens is 1. The van der Waals surface area contributed by atoms with E-state index in [-0.39, 0.29) is 5.54 Å². The molecule has 2 aromatic rings. The van der Waals surface area contributed by atoms with Gasteiger partial charge in [-0.1, -0.05) is 37.3 Å². The van der Waals surface area contributed by atoms with E-state index in [1.165, 1.54) is 34.0 Å². The molecule has 0 amide bonds. The third kappa shape index (κ3) is 3.19. The Labute approximate surface area is 131 Å². The van der Waals surface area contributed by atoms with E-state index in [4.69, 9.17) is 4.98 Å². The molecule has 1 aromatic heterocycles. The van der Waals surface area contributed by atoms with Crippen molar-refractivity contribution in [1.29, 1.82) is 0 Å². The van der Waals surface area contributed by atoms with Crippen molar-refractivity contribution in [2.45, 2.75) is 58.0 Å². The first kappa shape index (κ1) is 14.7. The fourth-order valence-corrected chi connectivity index (χ4v) is 3.94. The number of benzene rings is 1. The normalized spacial score (nSPS) is 17.7. The lowest BCUT2D eigenvalue weighted by atomic mass is 9.88. The van der Waals surface area contributed by atoms with E-state index >= 15 is 0 Å². The second-order valence-electron chi connectivity index (χ2n) is 6.18. The molecular weight excluding hydrogens is 276 g/mol. The van der Waals surface area contributed by atoms with Crippen LogP contribution in [0, 0.1) is 13.8 Å². The second kappa shape index (κ2) is 5.90. The van der Waals surface area contributed by atoms with Gasteiger partial charge >= 0.3 is 0 Å². The molecule has 1 aliphatic carbocycles. The van der Waals surface area contributed by atoms with Crippen LogP contribution in [0.25, 0.3) is 0 Å². The quantitative estimate of drug-likeness (QED) is 0.857. The van der Waals surface area contributed by atoms with Gasteiger partial charge in [-0.2, -0.15) is 0 Å². The number of nitrogens with zero attached hydrogens (tertiary/aromatic N) is 1. The molecule has 3 rings (SSSR count). The summed E-state index contributed by atoms with van der Waals surface area (Å²) >= 11 is 1.86. The van der Waals surface area contributed by atoms with Gasteiger partial charge in [0.1, 0.15) is 5.01 Å². The topological polar surface area (TPSA) is 24.9 Å². The molecule has 1 saturated carbocycles. The molecule has 1 unspecified atom stereocenters. The molecule has 1 atom stereocenters. The van der Waals surface area contributed by atoms with Crippen LogP contribution in [0.1, 0.15) is 47.3 Å². The number of hydrogen-bond acceptors (Lipinski definition) is 3. The summed E-state index contributed by atoms with van der Waals surface area (Å²) in [6.45, 7) is 6.58. The predicted octanol–water partition coefficient (Wildman–Crippen LogP) is 4.36. The van der Waals surface area contributed by atoms with Gasteiger partial charge in [0.25, 0.3) is 0 Å². The largest absolute Gasteiger partial charge is 0.302 e. The monoisotopic (exact) mass is 300 g/mol. The Morgan fingerprint density at radius 1 is 1.24 bits per heavy atom. The van der Waals surface area contributed by atoms with Gasteiger partial charge in [-0.15, -0.1) is 11.3 Å². The minimum absolute atomic E-state index is 0.00773. The van der Waals surface area contributed by atoms with Crippen LogP contribution in [0.2, 0.25) is 0 Å². The minimum Gasteiger partial charge on any atom is -0.302 e. The lowest BCUT2D eigenvalue weighted by Crippen LogP contribution is -2.45. The van der Waals surface area contributed by atoms with Crippen molar-refractivity contribution < 1.29 is 0 Å². The molecule has 0 aliphatic heterocycles. The van der Waals surface area contributed by atoms with E-state index in [9.17, 15) is 0 Å². The van der Waals surface area contributed by atoms with Crippen molar-refractivity contribution in [3.8, 4) is 0 Å². The Kier molecular flexibility index (Phi) is 4.14. The SMILES string of the molecule is CCC(Cc1ccccc1)(NC1CC1)c1nc(C)c(C)s1. The van der Waals surface area contributed by atoms with E-state index in [1.807, 2.05) is 11.3 Å². The highest BCUT2D eigenvalue weighted by Gasteiger charge is 2.38. The second-order valence-corrected chi connectivity index (χ2v) is 7.38. The molecule has 1 heterocycles. The number of thiazole rings is 1. The minimum atomic E-state index is -0.00773. The molecular formula is C18H24N2S. The van der Waals surface area contributed by atoms with Gasteiger partial charge in [0.2, 0.25) is 0 Å². The predicted molar refractivity (Wildman–Crippen MR) is 89.9 cm³/mol. The lowest BCUT2D eigenvalue weighted by Gasteiger charge is -2.32. The van der Waals surface area contributed by atoms with Gasteiger partial charge in [-0.05, 0) is 45.1 Å². The first-order valence-electron chi connectivity index (χ1n) is 7.89. The van der Waals surface area contributed by atoms with E-state index in [1.54, 1.807) is 0 Å². The maximum absolute atomic E-state index is 4.89. The van der Waals surface area contributed by atoms with Crippen LogP contribution in [-0.2, 0) is 12.0 Å². The summed E-state index contributed by atoms with van der Waals surface area (Å²) in [6, 6.07) is 11.5. The summed E-state index contributed by atoms with van der Waals surface area (Å²) in [5.41, 5.74) is 2.56. The summed E-state index contributed by atoms with van der Waals surface area (Å²) in [5.74, 6) is 0. The van der Waals surface area contributed by atoms with Crippen molar-refractivity contribution in [2.75, 3.05) is 0 Å². The zero-order valence-electron chi connectivity index (χ0n) is 13.1. The molecule has 1 fully saturated rings. The fourth-order valence-electron chi connectivity index (χ4n) is 2.81. The number of nitrogens with one attached hydrogen (secondary N) is 1. The highest BCUT2D eigenvalue weighted by atomic mass is 32.1. The Morgan fingerprint density at radius 2 is 1.95 bits per heavy atom. The van der Waals surface area contributed by atoms with Crippen LogP contribution in [-0.4, -0.2) is 11.0 Å². The van der Waals surface area contributed by atoms with Gasteiger partial charge in [0.05, 0.1) is 11.2 Å². The van der Waals surface area contributed by atoms with Crippen molar-refractivity contribution in [3.63, 3.8) is 0 Å². The zero-order chi connectivity index (χ0) is 14.9. The highest BCUT2D eigenvalue weighted by molar-refractivity contribution is 7.11. The van der Waals surface area contributed by atoms with Crippen molar-refractivity contribution in [2.24, 2.45) is 0 Å². The van der Waals surface area contributed by atoms with E-state index < -0.39 is 0 Å². The zero-order valence-corrected chi connectivity index (χ0v) is 14.0. The third-order valence-corrected chi connectivity index (χ3v) is 5.72. The van der Waals surface area contributed by atoms with Crippen LogP contribution >= 0.6 is 11.3 Å². The molecule has 1 aliphatic rings. The van der Waals surface area contributed by atoms with Gasteiger partial charge in [-0.3, -0.25) is 0 Å². The van der Waals surface area contributed by atoms with E-state index in [0.717, 1.165) is 12.8 Å². The Morgan fingerprint density at radius 3 is 2.48 bits per heavy atom. The Hall–Kier alpha value is -1.19. The van der Waals surface area contributed by atoms with Crippen LogP contribution in [0.5, 0.6) is 0 Å². The van der Waals surface area contributed by atoms with Gasteiger partial charge in [0.15, 0.2) is 0 Å². The van der Waals surface area contributed by atoms with Crippen LogP contribution < -0.4 is 5.32 Å². The molecule has 0 bridgehead atoms. The van der Waals surface area contributed by atoms with Crippen molar-refractivity contribution >= 4 is 11.3 Å². The molecule has 1 N–H and O–H groups in total. The summed E-state index contributed by atoms with van der Waals surface area (Å²) in [6.07, 6.45) is 4.71. The molecule has 0 saturated heterocycles. The first-order valence-corrected chi connectivity index (χ1v) is 8.71. The van der Waals surface area contributed by atoms with Crippen LogP contribution in [0.4, 0.5) is 0 Å². The maximum Gasteiger partial charge on any atom is 0.114 e. The van der Waals surface area contributed by atoms with E-state index in [2.05, 4.69) is 56.4 Å². The fraction of sp³-hybridized carbons (Fsp3) is 0.500. The summed E-state index contributed by atoms with van der Waals surface area (Å²) in [7, 11) is 0. The molecule has 112 valence electrons. The Balaban J connectivity index is 1.96. The van der Waals surface area contributed by atoms with Gasteiger partial charge in [-0.25, -0.2) is 4.98 Å². The molecule has 2 nitrogen and oxygen atoms in total. The maximum atomic E-state index is 4.89. The average molecular weight is 300 g/mol. The average Bonchev–Trinajstić information content (AvgIpc) is 3.24. The standard InChI is InChI=1S/C18H24N2S/c1-4-18(20-16-10-11-16,12-15-8-6-5-7-9-15)17-19-13(2)14(3)21-17/h5-9,16,20H,4,10-12H2,1-3H3. The van der Waals surface area contributed by atoms with Gasteiger partial charge < -0.3 is 5.32 Å². The molecule has 3 heteroatoms. The molecule has 1 aromatic carbocycles. The summed E-state index contributed by atoms with van der Waals surface area (Å²) in [4.78, 5) is 6.23. The molecule has 0 radical (unpaired) electrons. The van der Waals surface area contributed by atoms with Crippen LogP contribution in [0.3, 0.4) is 0 Å². The van der Waals surface area contributed by atoms with Crippen molar-refractivity contribution in [3.05, 3.63) is 51.5 Å². The van der Waals surface area contributed by atoms with Crippen molar-refractivity contribution in [1.82, 2.24) is 10.3 Å². The molecule has 0 spiro atoms. The van der Waals surface area contributed by atoms with Gasteiger partial charge in [0, 0.05) is 10.9 Å². The smallest absolute Gasteiger partial charge is 0.114 e. The number of aryl methyl sites for hydroxylation is 2. The third-order valence-electron chi connectivity index (χ3n) is 4.45.